The van der Waals surface area contributed by atoms with Crippen molar-refractivity contribution >= 4 is 11.9 Å². The number of benzene rings is 1. The zero-order valence-corrected chi connectivity index (χ0v) is 13.9. The lowest BCUT2D eigenvalue weighted by atomic mass is 9.84. The summed E-state index contributed by atoms with van der Waals surface area (Å²) in [4.78, 5) is 27.1. The second-order valence-corrected chi connectivity index (χ2v) is 6.03. The highest BCUT2D eigenvalue weighted by Gasteiger charge is 2.22. The smallest absolute Gasteiger partial charge is 0.335 e. The minimum absolute atomic E-state index is 0.0298. The number of amides is 1. The molecule has 6 nitrogen and oxygen atoms in total. The molecule has 126 valence electrons. The third kappa shape index (κ3) is 4.10. The maximum Gasteiger partial charge on any atom is 0.335 e. The number of aromatic carboxylic acids is 1. The van der Waals surface area contributed by atoms with Crippen LogP contribution in [-0.2, 0) is 5.41 Å². The Morgan fingerprint density at radius 1 is 1.25 bits per heavy atom. The predicted octanol–water partition coefficient (Wildman–Crippen LogP) is 2.50. The van der Waals surface area contributed by atoms with Crippen LogP contribution in [0.15, 0.2) is 42.6 Å². The second kappa shape index (κ2) is 7.12. The Morgan fingerprint density at radius 2 is 2.00 bits per heavy atom. The number of carbonyl (C=O) groups is 2. The van der Waals surface area contributed by atoms with Gasteiger partial charge in [-0.2, -0.15) is 0 Å². The van der Waals surface area contributed by atoms with Crippen LogP contribution in [0.1, 0.15) is 40.3 Å². The van der Waals surface area contributed by atoms with E-state index in [4.69, 9.17) is 9.84 Å². The molecule has 0 radical (unpaired) electrons. The summed E-state index contributed by atoms with van der Waals surface area (Å²) in [5.74, 6) is -0.750. The van der Waals surface area contributed by atoms with Gasteiger partial charge in [-0.1, -0.05) is 26.0 Å². The molecule has 2 rings (SSSR count). The number of hydrogen-bond donors (Lipinski definition) is 2. The number of ether oxygens (including phenoxy) is 1. The van der Waals surface area contributed by atoms with E-state index in [1.807, 2.05) is 38.1 Å². The molecular formula is C18H20N2O4. The highest BCUT2D eigenvalue weighted by atomic mass is 16.5. The van der Waals surface area contributed by atoms with Crippen LogP contribution < -0.4 is 10.1 Å². The molecule has 0 aliphatic carbocycles. The molecule has 0 unspecified atom stereocenters. The summed E-state index contributed by atoms with van der Waals surface area (Å²) < 4.78 is 5.23. The molecule has 1 amide bonds. The van der Waals surface area contributed by atoms with Gasteiger partial charge >= 0.3 is 5.97 Å². The number of carbonyl (C=O) groups excluding carboxylic acids is 1. The minimum atomic E-state index is -1.09. The zero-order chi connectivity index (χ0) is 17.7. The van der Waals surface area contributed by atoms with E-state index < -0.39 is 11.9 Å². The Kier molecular flexibility index (Phi) is 5.18. The molecule has 0 atom stereocenters. The number of rotatable bonds is 6. The predicted molar refractivity (Wildman–Crippen MR) is 89.5 cm³/mol. The summed E-state index contributed by atoms with van der Waals surface area (Å²) in [5.41, 5.74) is 0.808. The van der Waals surface area contributed by atoms with Crippen LogP contribution in [0.3, 0.4) is 0 Å². The molecule has 0 fully saturated rings. The third-order valence-corrected chi connectivity index (χ3v) is 3.78. The van der Waals surface area contributed by atoms with Crippen LogP contribution in [-0.4, -0.2) is 35.6 Å². The number of hydrogen-bond acceptors (Lipinski definition) is 4. The molecule has 1 aromatic carbocycles. The van der Waals surface area contributed by atoms with Crippen molar-refractivity contribution in [2.24, 2.45) is 0 Å². The minimum Gasteiger partial charge on any atom is -0.497 e. The first-order chi connectivity index (χ1) is 11.3. The van der Waals surface area contributed by atoms with Crippen molar-refractivity contribution in [2.75, 3.05) is 13.7 Å². The molecule has 0 aliphatic rings. The van der Waals surface area contributed by atoms with Gasteiger partial charge in [0, 0.05) is 18.2 Å². The van der Waals surface area contributed by atoms with Crippen LogP contribution >= 0.6 is 0 Å². The molecule has 0 bridgehead atoms. The molecule has 6 heteroatoms. The average Bonchev–Trinajstić information content (AvgIpc) is 2.59. The van der Waals surface area contributed by atoms with E-state index in [1.165, 1.54) is 18.3 Å². The SMILES string of the molecule is COc1cccc(C(C)(C)CNC(=O)c2cc(C(=O)O)ccn2)c1. The van der Waals surface area contributed by atoms with E-state index in [2.05, 4.69) is 10.3 Å². The molecule has 0 saturated carbocycles. The van der Waals surface area contributed by atoms with Crippen molar-refractivity contribution in [1.82, 2.24) is 10.3 Å². The Labute approximate surface area is 140 Å². The highest BCUT2D eigenvalue weighted by Crippen LogP contribution is 2.25. The molecule has 2 aromatic rings. The lowest BCUT2D eigenvalue weighted by molar-refractivity contribution is 0.0696. The van der Waals surface area contributed by atoms with Crippen molar-refractivity contribution < 1.29 is 19.4 Å². The van der Waals surface area contributed by atoms with Crippen molar-refractivity contribution in [1.29, 1.82) is 0 Å². The van der Waals surface area contributed by atoms with Gasteiger partial charge in [-0.15, -0.1) is 0 Å². The van der Waals surface area contributed by atoms with Crippen LogP contribution in [0.25, 0.3) is 0 Å². The average molecular weight is 328 g/mol. The van der Waals surface area contributed by atoms with Crippen molar-refractivity contribution in [3.8, 4) is 5.75 Å². The van der Waals surface area contributed by atoms with Gasteiger partial charge in [0.25, 0.3) is 5.91 Å². The summed E-state index contributed by atoms with van der Waals surface area (Å²) >= 11 is 0. The van der Waals surface area contributed by atoms with E-state index in [1.54, 1.807) is 7.11 Å². The number of nitrogens with zero attached hydrogens (tertiary/aromatic N) is 1. The Hall–Kier alpha value is -2.89. The Balaban J connectivity index is 2.09. The fourth-order valence-corrected chi connectivity index (χ4v) is 2.23. The second-order valence-electron chi connectivity index (χ2n) is 6.03. The molecule has 0 saturated heterocycles. The fraction of sp³-hybridized carbons (Fsp3) is 0.278. The third-order valence-electron chi connectivity index (χ3n) is 3.78. The highest BCUT2D eigenvalue weighted by molar-refractivity contribution is 5.95. The quantitative estimate of drug-likeness (QED) is 0.850. The zero-order valence-electron chi connectivity index (χ0n) is 13.9. The standard InChI is InChI=1S/C18H20N2O4/c1-18(2,13-5-4-6-14(10-13)24-3)11-20-16(21)15-9-12(17(22)23)7-8-19-15/h4-10H,11H2,1-3H3,(H,20,21)(H,22,23). The number of pyridine rings is 1. The first kappa shape index (κ1) is 17.5. The lowest BCUT2D eigenvalue weighted by Crippen LogP contribution is -2.37. The van der Waals surface area contributed by atoms with E-state index in [-0.39, 0.29) is 16.7 Å². The van der Waals surface area contributed by atoms with Gasteiger partial charge in [0.05, 0.1) is 12.7 Å². The summed E-state index contributed by atoms with van der Waals surface area (Å²) in [6, 6.07) is 10.3. The molecule has 24 heavy (non-hydrogen) atoms. The van der Waals surface area contributed by atoms with E-state index >= 15 is 0 Å². The van der Waals surface area contributed by atoms with Crippen molar-refractivity contribution in [2.45, 2.75) is 19.3 Å². The summed E-state index contributed by atoms with van der Waals surface area (Å²) in [6.07, 6.45) is 1.31. The molecule has 2 N–H and O–H groups in total. The van der Waals surface area contributed by atoms with Crippen LogP contribution in [0.2, 0.25) is 0 Å². The summed E-state index contributed by atoms with van der Waals surface area (Å²) in [5, 5.41) is 11.8. The Morgan fingerprint density at radius 3 is 2.67 bits per heavy atom. The van der Waals surface area contributed by atoms with Gasteiger partial charge in [0.15, 0.2) is 0 Å². The van der Waals surface area contributed by atoms with Crippen LogP contribution in [0, 0.1) is 0 Å². The molecular weight excluding hydrogens is 308 g/mol. The summed E-state index contributed by atoms with van der Waals surface area (Å²) in [6.45, 7) is 4.38. The van der Waals surface area contributed by atoms with Gasteiger partial charge in [-0.3, -0.25) is 9.78 Å². The molecule has 0 spiro atoms. The van der Waals surface area contributed by atoms with E-state index in [0.717, 1.165) is 11.3 Å². The van der Waals surface area contributed by atoms with Crippen molar-refractivity contribution in [3.05, 3.63) is 59.4 Å². The number of methoxy groups -OCH3 is 1. The monoisotopic (exact) mass is 328 g/mol. The molecule has 0 aliphatic heterocycles. The van der Waals surface area contributed by atoms with Gasteiger partial charge in [0.2, 0.25) is 0 Å². The molecule has 1 heterocycles. The normalized spacial score (nSPS) is 11.0. The number of carboxylic acid groups (broad SMARTS) is 1. The fourth-order valence-electron chi connectivity index (χ4n) is 2.23. The largest absolute Gasteiger partial charge is 0.497 e. The number of carboxylic acids is 1. The summed E-state index contributed by atoms with van der Waals surface area (Å²) in [7, 11) is 1.61. The van der Waals surface area contributed by atoms with E-state index in [0.29, 0.717) is 6.54 Å². The van der Waals surface area contributed by atoms with Gasteiger partial charge in [0.1, 0.15) is 11.4 Å². The maximum atomic E-state index is 12.2. The van der Waals surface area contributed by atoms with Gasteiger partial charge in [-0.25, -0.2) is 4.79 Å². The maximum absolute atomic E-state index is 12.2. The first-order valence-electron chi connectivity index (χ1n) is 7.45. The topological polar surface area (TPSA) is 88.5 Å². The van der Waals surface area contributed by atoms with Crippen molar-refractivity contribution in [3.63, 3.8) is 0 Å². The number of aromatic nitrogens is 1. The Bertz CT molecular complexity index is 756. The lowest BCUT2D eigenvalue weighted by Gasteiger charge is -2.26. The number of nitrogens with one attached hydrogen (secondary N) is 1. The van der Waals surface area contributed by atoms with E-state index in [9.17, 15) is 9.59 Å². The first-order valence-corrected chi connectivity index (χ1v) is 7.45. The van der Waals surface area contributed by atoms with Crippen LogP contribution in [0.5, 0.6) is 5.75 Å². The van der Waals surface area contributed by atoms with Gasteiger partial charge < -0.3 is 15.2 Å². The van der Waals surface area contributed by atoms with Gasteiger partial charge in [-0.05, 0) is 29.8 Å². The van der Waals surface area contributed by atoms with Crippen LogP contribution in [0.4, 0.5) is 0 Å². The molecule has 1 aromatic heterocycles.